The minimum atomic E-state index is -3.73. The molecule has 0 bridgehead atoms. The van der Waals surface area contributed by atoms with Gasteiger partial charge in [0, 0.05) is 5.54 Å². The average Bonchev–Trinajstić information content (AvgIpc) is 2.35. The molecule has 7 heteroatoms. The predicted molar refractivity (Wildman–Crippen MR) is 72.5 cm³/mol. The van der Waals surface area contributed by atoms with Crippen LogP contribution in [-0.2, 0) is 10.0 Å². The second-order valence-corrected chi connectivity index (χ2v) is 6.87. The maximum absolute atomic E-state index is 12.3. The summed E-state index contributed by atoms with van der Waals surface area (Å²) >= 11 is 0. The third kappa shape index (κ3) is 2.78. The minimum Gasteiger partial charge on any atom is -0.496 e. The molecule has 0 amide bonds. The number of hydrogen-bond donors (Lipinski definition) is 2. The Bertz CT molecular complexity index is 634. The lowest BCUT2D eigenvalue weighted by Crippen LogP contribution is -2.50. The summed E-state index contributed by atoms with van der Waals surface area (Å²) in [5, 5.41) is 9.08. The van der Waals surface area contributed by atoms with E-state index in [0.29, 0.717) is 0 Å². The van der Waals surface area contributed by atoms with Crippen LogP contribution in [0, 0.1) is 0 Å². The monoisotopic (exact) mass is 299 g/mol. The molecular formula is C13H17NO5S. The molecule has 1 aromatic carbocycles. The number of nitrogens with one attached hydrogen (secondary N) is 1. The fourth-order valence-corrected chi connectivity index (χ4v) is 3.70. The fourth-order valence-electron chi connectivity index (χ4n) is 2.21. The van der Waals surface area contributed by atoms with Crippen LogP contribution in [-0.4, -0.2) is 32.1 Å². The number of benzene rings is 1. The number of methoxy groups -OCH3 is 1. The molecule has 0 aliphatic heterocycles. The summed E-state index contributed by atoms with van der Waals surface area (Å²) in [6.45, 7) is 1.84. The van der Waals surface area contributed by atoms with Gasteiger partial charge >= 0.3 is 5.97 Å². The quantitative estimate of drug-likeness (QED) is 0.861. The first-order valence-corrected chi connectivity index (χ1v) is 7.71. The Morgan fingerprint density at radius 3 is 2.50 bits per heavy atom. The Kier molecular flexibility index (Phi) is 3.75. The number of carbonyl (C=O) groups is 1. The van der Waals surface area contributed by atoms with Gasteiger partial charge in [-0.3, -0.25) is 0 Å². The molecule has 1 aromatic rings. The van der Waals surface area contributed by atoms with E-state index in [4.69, 9.17) is 9.84 Å². The minimum absolute atomic E-state index is 0.0659. The molecule has 2 rings (SSSR count). The van der Waals surface area contributed by atoms with Crippen molar-refractivity contribution in [1.29, 1.82) is 0 Å². The van der Waals surface area contributed by atoms with Crippen LogP contribution in [0.15, 0.2) is 23.1 Å². The van der Waals surface area contributed by atoms with Gasteiger partial charge in [0.1, 0.15) is 11.3 Å². The van der Waals surface area contributed by atoms with E-state index in [0.717, 1.165) is 25.3 Å². The predicted octanol–water partition coefficient (Wildman–Crippen LogP) is 1.61. The van der Waals surface area contributed by atoms with Crippen LogP contribution in [0.1, 0.15) is 36.5 Å². The van der Waals surface area contributed by atoms with Crippen LogP contribution in [0.2, 0.25) is 0 Å². The SMILES string of the molecule is COc1ccc(S(=O)(=O)NC2(C)CCC2)cc1C(=O)O. The van der Waals surface area contributed by atoms with E-state index in [1.165, 1.54) is 19.2 Å². The van der Waals surface area contributed by atoms with Crippen molar-refractivity contribution in [2.75, 3.05) is 7.11 Å². The Labute approximate surface area is 117 Å². The van der Waals surface area contributed by atoms with Gasteiger partial charge in [0.25, 0.3) is 0 Å². The summed E-state index contributed by atoms with van der Waals surface area (Å²) < 4.78 is 32.1. The molecule has 1 fully saturated rings. The maximum Gasteiger partial charge on any atom is 0.339 e. The van der Waals surface area contributed by atoms with Gasteiger partial charge in [-0.05, 0) is 44.4 Å². The van der Waals surface area contributed by atoms with Gasteiger partial charge in [-0.15, -0.1) is 0 Å². The first-order chi connectivity index (χ1) is 9.27. The van der Waals surface area contributed by atoms with E-state index >= 15 is 0 Å². The molecule has 20 heavy (non-hydrogen) atoms. The summed E-state index contributed by atoms with van der Waals surface area (Å²) in [4.78, 5) is 11.1. The van der Waals surface area contributed by atoms with Crippen LogP contribution >= 0.6 is 0 Å². The van der Waals surface area contributed by atoms with Crippen molar-refractivity contribution in [3.05, 3.63) is 23.8 Å². The van der Waals surface area contributed by atoms with Gasteiger partial charge in [-0.2, -0.15) is 0 Å². The standard InChI is InChI=1S/C13H17NO5S/c1-13(6-3-7-13)14-20(17,18)9-4-5-11(19-2)10(8-9)12(15)16/h4-5,8,14H,3,6-7H2,1-2H3,(H,15,16). The average molecular weight is 299 g/mol. The lowest BCUT2D eigenvalue weighted by Gasteiger charge is -2.38. The molecule has 0 atom stereocenters. The summed E-state index contributed by atoms with van der Waals surface area (Å²) in [6, 6.07) is 3.81. The van der Waals surface area contributed by atoms with E-state index in [9.17, 15) is 13.2 Å². The van der Waals surface area contributed by atoms with Crippen LogP contribution < -0.4 is 9.46 Å². The topological polar surface area (TPSA) is 92.7 Å². The van der Waals surface area contributed by atoms with Crippen molar-refractivity contribution in [1.82, 2.24) is 4.72 Å². The molecule has 1 aliphatic rings. The molecule has 110 valence electrons. The zero-order valence-electron chi connectivity index (χ0n) is 11.3. The van der Waals surface area contributed by atoms with Crippen molar-refractivity contribution in [2.45, 2.75) is 36.6 Å². The smallest absolute Gasteiger partial charge is 0.339 e. The van der Waals surface area contributed by atoms with E-state index < -0.39 is 21.5 Å². The van der Waals surface area contributed by atoms with Crippen molar-refractivity contribution < 1.29 is 23.1 Å². The van der Waals surface area contributed by atoms with Crippen LogP contribution in [0.4, 0.5) is 0 Å². The van der Waals surface area contributed by atoms with Crippen molar-refractivity contribution in [3.63, 3.8) is 0 Å². The highest BCUT2D eigenvalue weighted by Crippen LogP contribution is 2.33. The number of carboxylic acids is 1. The number of hydrogen-bond acceptors (Lipinski definition) is 4. The second-order valence-electron chi connectivity index (χ2n) is 5.19. The number of aromatic carboxylic acids is 1. The number of ether oxygens (including phenoxy) is 1. The molecule has 0 spiro atoms. The van der Waals surface area contributed by atoms with Gasteiger partial charge in [0.15, 0.2) is 0 Å². The van der Waals surface area contributed by atoms with E-state index in [2.05, 4.69) is 4.72 Å². The van der Waals surface area contributed by atoms with E-state index in [-0.39, 0.29) is 16.2 Å². The molecule has 0 aromatic heterocycles. The van der Waals surface area contributed by atoms with Gasteiger partial charge in [0.05, 0.1) is 12.0 Å². The van der Waals surface area contributed by atoms with Gasteiger partial charge in [-0.25, -0.2) is 17.9 Å². The molecule has 0 heterocycles. The molecule has 0 saturated heterocycles. The van der Waals surface area contributed by atoms with E-state index in [1.54, 1.807) is 0 Å². The highest BCUT2D eigenvalue weighted by atomic mass is 32.2. The first-order valence-electron chi connectivity index (χ1n) is 6.23. The Hall–Kier alpha value is -1.60. The van der Waals surface area contributed by atoms with Gasteiger partial charge < -0.3 is 9.84 Å². The third-order valence-corrected chi connectivity index (χ3v) is 5.19. The molecule has 0 unspecified atom stereocenters. The molecule has 0 radical (unpaired) electrons. The lowest BCUT2D eigenvalue weighted by atomic mass is 9.80. The Balaban J connectivity index is 2.37. The normalized spacial score (nSPS) is 17.3. The van der Waals surface area contributed by atoms with Crippen molar-refractivity contribution in [2.24, 2.45) is 0 Å². The first kappa shape index (κ1) is 14.8. The Morgan fingerprint density at radius 1 is 1.40 bits per heavy atom. The summed E-state index contributed by atoms with van der Waals surface area (Å²) in [5.74, 6) is -1.10. The summed E-state index contributed by atoms with van der Waals surface area (Å²) in [6.07, 6.45) is 2.56. The zero-order chi connectivity index (χ0) is 15.0. The largest absolute Gasteiger partial charge is 0.496 e. The maximum atomic E-state index is 12.3. The molecule has 1 saturated carbocycles. The van der Waals surface area contributed by atoms with Crippen molar-refractivity contribution in [3.8, 4) is 5.75 Å². The lowest BCUT2D eigenvalue weighted by molar-refractivity contribution is 0.0693. The Morgan fingerprint density at radius 2 is 2.05 bits per heavy atom. The highest BCUT2D eigenvalue weighted by molar-refractivity contribution is 7.89. The molecule has 2 N–H and O–H groups in total. The molecule has 1 aliphatic carbocycles. The summed E-state index contributed by atoms with van der Waals surface area (Å²) in [7, 11) is -2.39. The zero-order valence-corrected chi connectivity index (χ0v) is 12.2. The van der Waals surface area contributed by atoms with E-state index in [1.807, 2.05) is 6.92 Å². The highest BCUT2D eigenvalue weighted by Gasteiger charge is 2.36. The van der Waals surface area contributed by atoms with Crippen LogP contribution in [0.5, 0.6) is 5.75 Å². The number of carboxylic acid groups (broad SMARTS) is 1. The number of rotatable bonds is 5. The van der Waals surface area contributed by atoms with Gasteiger partial charge in [0.2, 0.25) is 10.0 Å². The fraction of sp³-hybridized carbons (Fsp3) is 0.462. The van der Waals surface area contributed by atoms with Crippen LogP contribution in [0.3, 0.4) is 0 Å². The van der Waals surface area contributed by atoms with Crippen LogP contribution in [0.25, 0.3) is 0 Å². The van der Waals surface area contributed by atoms with Gasteiger partial charge in [-0.1, -0.05) is 0 Å². The number of sulfonamides is 1. The summed E-state index contributed by atoms with van der Waals surface area (Å²) in [5.41, 5.74) is -0.601. The molecular weight excluding hydrogens is 282 g/mol. The van der Waals surface area contributed by atoms with Crippen molar-refractivity contribution >= 4 is 16.0 Å². The second kappa shape index (κ2) is 5.06. The third-order valence-electron chi connectivity index (χ3n) is 3.55. The molecule has 6 nitrogen and oxygen atoms in total.